The maximum atomic E-state index is 14.3. The minimum absolute atomic E-state index is 0.0871. The van der Waals surface area contributed by atoms with Gasteiger partial charge in [0, 0.05) is 18.9 Å². The second kappa shape index (κ2) is 14.0. The Hall–Kier alpha value is -4.40. The number of sulfonamides is 1. The van der Waals surface area contributed by atoms with Gasteiger partial charge in [0.25, 0.3) is 5.91 Å². The first-order chi connectivity index (χ1) is 24.1. The van der Waals surface area contributed by atoms with Gasteiger partial charge in [-0.3, -0.25) is 24.0 Å². The summed E-state index contributed by atoms with van der Waals surface area (Å²) in [6.45, 7) is 9.72. The predicted molar refractivity (Wildman–Crippen MR) is 186 cm³/mol. The summed E-state index contributed by atoms with van der Waals surface area (Å²) in [6, 6.07) is 3.56. The number of hydrogen-bond acceptors (Lipinski definition) is 9. The Kier molecular flexibility index (Phi) is 9.96. The van der Waals surface area contributed by atoms with Crippen LogP contribution in [0.3, 0.4) is 0 Å². The van der Waals surface area contributed by atoms with E-state index in [4.69, 9.17) is 9.47 Å². The third kappa shape index (κ3) is 7.77. The number of benzene rings is 1. The Balaban J connectivity index is 1.27. The monoisotopic (exact) mass is 725 g/mol. The molecule has 0 aromatic heterocycles. The lowest BCUT2D eigenvalue weighted by Crippen LogP contribution is -2.60. The molecule has 2 aliphatic carbocycles. The van der Waals surface area contributed by atoms with Crippen molar-refractivity contribution in [2.45, 2.75) is 108 Å². The molecule has 1 saturated heterocycles. The van der Waals surface area contributed by atoms with Crippen LogP contribution in [-0.4, -0.2) is 90.3 Å². The van der Waals surface area contributed by atoms with E-state index in [9.17, 15) is 32.4 Å². The van der Waals surface area contributed by atoms with Gasteiger partial charge < -0.3 is 25.0 Å². The number of nitrogens with zero attached hydrogens (tertiary/aromatic N) is 2. The summed E-state index contributed by atoms with van der Waals surface area (Å²) in [6.07, 6.45) is 6.36. The number of nitrogens with one attached hydrogen (secondary N) is 3. The van der Waals surface area contributed by atoms with Crippen molar-refractivity contribution in [1.82, 2.24) is 25.2 Å². The first-order valence-electron chi connectivity index (χ1n) is 17.6. The molecule has 2 saturated carbocycles. The highest BCUT2D eigenvalue weighted by atomic mass is 32.2. The molecule has 4 bridgehead atoms. The van der Waals surface area contributed by atoms with E-state index in [0.717, 1.165) is 29.5 Å². The summed E-state index contributed by atoms with van der Waals surface area (Å²) in [5.74, 6) is -2.72. The van der Waals surface area contributed by atoms with E-state index in [1.165, 1.54) is 11.0 Å². The average molecular weight is 726 g/mol. The van der Waals surface area contributed by atoms with Crippen LogP contribution >= 0.6 is 0 Å². The molecule has 5 aliphatic rings. The first-order valence-corrected chi connectivity index (χ1v) is 19.1. The zero-order valence-corrected chi connectivity index (χ0v) is 30.1. The van der Waals surface area contributed by atoms with Crippen molar-refractivity contribution < 1.29 is 41.9 Å². The molecule has 14 nitrogen and oxygen atoms in total. The highest BCUT2D eigenvalue weighted by molar-refractivity contribution is 7.91. The Morgan fingerprint density at radius 2 is 1.88 bits per heavy atom. The van der Waals surface area contributed by atoms with Crippen LogP contribution in [0.1, 0.15) is 82.4 Å². The zero-order valence-electron chi connectivity index (χ0n) is 29.3. The Labute approximate surface area is 298 Å². The fourth-order valence-corrected chi connectivity index (χ4v) is 8.42. The van der Waals surface area contributed by atoms with E-state index in [1.807, 2.05) is 24.3 Å². The largest absolute Gasteiger partial charge is 0.450 e. The van der Waals surface area contributed by atoms with Crippen molar-refractivity contribution in [2.24, 2.45) is 11.3 Å². The van der Waals surface area contributed by atoms with Gasteiger partial charge in [0.2, 0.25) is 21.8 Å². The van der Waals surface area contributed by atoms with Crippen molar-refractivity contribution in [2.75, 3.05) is 13.2 Å². The van der Waals surface area contributed by atoms with Crippen molar-refractivity contribution in [1.29, 1.82) is 0 Å². The lowest BCUT2D eigenvalue weighted by atomic mass is 9.85. The summed E-state index contributed by atoms with van der Waals surface area (Å²) in [4.78, 5) is 71.2. The van der Waals surface area contributed by atoms with Crippen LogP contribution in [0.25, 0.3) is 6.08 Å². The number of fused-ring (bicyclic) bond motifs is 3. The lowest BCUT2D eigenvalue weighted by Gasteiger charge is -2.35. The summed E-state index contributed by atoms with van der Waals surface area (Å²) in [5.41, 5.74) is 0.612. The molecule has 6 rings (SSSR count). The molecule has 3 fully saturated rings. The van der Waals surface area contributed by atoms with Gasteiger partial charge in [-0.2, -0.15) is 0 Å². The number of cyclic esters (lactones) is 1. The molecule has 276 valence electrons. The van der Waals surface area contributed by atoms with Crippen LogP contribution in [0.2, 0.25) is 0 Å². The third-order valence-electron chi connectivity index (χ3n) is 10.3. The van der Waals surface area contributed by atoms with E-state index in [2.05, 4.69) is 28.0 Å². The maximum absolute atomic E-state index is 14.3. The Bertz CT molecular complexity index is 1750. The summed E-state index contributed by atoms with van der Waals surface area (Å²) < 4.78 is 38.8. The number of rotatable bonds is 6. The Morgan fingerprint density at radius 1 is 1.12 bits per heavy atom. The van der Waals surface area contributed by atoms with E-state index in [0.29, 0.717) is 32.4 Å². The molecule has 1 aromatic rings. The molecule has 0 unspecified atom stereocenters. The van der Waals surface area contributed by atoms with Gasteiger partial charge in [0.15, 0.2) is 0 Å². The van der Waals surface area contributed by atoms with Crippen molar-refractivity contribution in [3.05, 3.63) is 53.6 Å². The van der Waals surface area contributed by atoms with Crippen LogP contribution in [0.5, 0.6) is 0 Å². The van der Waals surface area contributed by atoms with Gasteiger partial charge in [-0.1, -0.05) is 57.2 Å². The van der Waals surface area contributed by atoms with Crippen molar-refractivity contribution in [3.63, 3.8) is 0 Å². The molecule has 0 spiro atoms. The molecule has 5 amide bonds. The third-order valence-corrected chi connectivity index (χ3v) is 12.1. The number of ether oxygens (including phenoxy) is 2. The van der Waals surface area contributed by atoms with Crippen LogP contribution in [-0.2, 0) is 47.0 Å². The van der Waals surface area contributed by atoms with Gasteiger partial charge in [0.1, 0.15) is 23.7 Å². The molecule has 3 aliphatic heterocycles. The van der Waals surface area contributed by atoms with Crippen LogP contribution < -0.4 is 15.4 Å². The smallest absolute Gasteiger partial charge is 0.410 e. The fraction of sp³-hybridized carbons (Fsp3) is 0.583. The van der Waals surface area contributed by atoms with Crippen LogP contribution in [0.4, 0.5) is 9.59 Å². The van der Waals surface area contributed by atoms with Crippen LogP contribution in [0.15, 0.2) is 36.9 Å². The number of allylic oxidation sites excluding steroid dienone is 1. The summed E-state index contributed by atoms with van der Waals surface area (Å²) in [7, 11) is -3.91. The van der Waals surface area contributed by atoms with E-state index in [-0.39, 0.29) is 26.0 Å². The minimum atomic E-state index is -3.91. The lowest BCUT2D eigenvalue weighted by molar-refractivity contribution is -0.142. The topological polar surface area (TPSA) is 181 Å². The molecular formula is C36H47N5O9S. The van der Waals surface area contributed by atoms with E-state index in [1.54, 1.807) is 25.7 Å². The van der Waals surface area contributed by atoms with Gasteiger partial charge in [-0.15, -0.1) is 6.58 Å². The summed E-state index contributed by atoms with van der Waals surface area (Å²) in [5, 5.41) is 4.77. The highest BCUT2D eigenvalue weighted by Gasteiger charge is 2.62. The van der Waals surface area contributed by atoms with Gasteiger partial charge in [0.05, 0.1) is 24.9 Å². The number of carbonyl (C=O) groups is 5. The van der Waals surface area contributed by atoms with Gasteiger partial charge >= 0.3 is 12.2 Å². The Morgan fingerprint density at radius 3 is 2.57 bits per heavy atom. The SMILES string of the molecule is C=C[C@@H]1C[C@]1(NC(=O)[C@@H]1C[C@@H]2CN1C(=O)[C@H](C(C)(C)C)NC(=O)OCCCC/C=C/c1cccc3c1CN(C3)C(=O)O2)C(=O)NS(=O)(=O)C1CC1. The highest BCUT2D eigenvalue weighted by Crippen LogP contribution is 2.45. The fourth-order valence-electron chi connectivity index (χ4n) is 7.06. The van der Waals surface area contributed by atoms with E-state index < -0.39 is 80.2 Å². The molecule has 15 heteroatoms. The molecule has 3 N–H and O–H groups in total. The first kappa shape index (κ1) is 36.4. The molecule has 5 atom stereocenters. The van der Waals surface area contributed by atoms with Gasteiger partial charge in [-0.05, 0) is 60.6 Å². The molecule has 0 radical (unpaired) electrons. The van der Waals surface area contributed by atoms with Crippen molar-refractivity contribution >= 4 is 46.0 Å². The minimum Gasteiger partial charge on any atom is -0.450 e. The van der Waals surface area contributed by atoms with E-state index >= 15 is 0 Å². The molecule has 1 aromatic carbocycles. The number of carbonyl (C=O) groups excluding carboxylic acids is 5. The number of amides is 5. The average Bonchev–Trinajstić information content (AvgIpc) is 3.96. The molecule has 51 heavy (non-hydrogen) atoms. The molecular weight excluding hydrogens is 678 g/mol. The maximum Gasteiger partial charge on any atom is 0.410 e. The zero-order chi connectivity index (χ0) is 36.7. The number of hydrogen-bond donors (Lipinski definition) is 3. The van der Waals surface area contributed by atoms with Crippen molar-refractivity contribution in [3.8, 4) is 0 Å². The molecule has 3 heterocycles. The predicted octanol–water partition coefficient (Wildman–Crippen LogP) is 3.12. The second-order valence-electron chi connectivity index (χ2n) is 15.2. The van der Waals surface area contributed by atoms with Crippen LogP contribution in [0, 0.1) is 11.3 Å². The number of alkyl carbamates (subject to hydrolysis) is 1. The normalized spacial score (nSPS) is 29.3. The quantitative estimate of drug-likeness (QED) is 0.372. The standard InChI is InChI=1S/C36H47N5O9S/c1-5-24-18-36(24,32(44)39-51(47,48)26-14-15-26)38-30(42)28-17-25-20-41(28)31(43)29(35(2,3)4)37-33(45)49-16-9-7-6-8-11-22-12-10-13-23-19-40(21-27(22)23)34(46)50-25/h5,8,10-13,24-26,28-29H,1,6-7,9,14-21H2,2-4H3,(H,37,45)(H,38,42)(H,39,44)/b11-8+/t24-,25-,28+,29-,36-/m1/s1. The second-order valence-corrected chi connectivity index (χ2v) is 17.2. The van der Waals surface area contributed by atoms with Gasteiger partial charge in [-0.25, -0.2) is 18.0 Å². The summed E-state index contributed by atoms with van der Waals surface area (Å²) >= 11 is 0.